The van der Waals surface area contributed by atoms with Crippen molar-refractivity contribution in [3.8, 4) is 0 Å². The highest BCUT2D eigenvalue weighted by atomic mass is 31.2. The van der Waals surface area contributed by atoms with E-state index in [0.717, 1.165) is 0 Å². The quantitative estimate of drug-likeness (QED) is 0.460. The molecule has 0 radical (unpaired) electrons. The van der Waals surface area contributed by atoms with Gasteiger partial charge in [-0.2, -0.15) is 0 Å². The molecule has 0 spiro atoms. The van der Waals surface area contributed by atoms with Gasteiger partial charge in [0.2, 0.25) is 0 Å². The van der Waals surface area contributed by atoms with Crippen LogP contribution in [0.15, 0.2) is 0 Å². The van der Waals surface area contributed by atoms with Crippen LogP contribution in [0.1, 0.15) is 27.7 Å². The number of hydrogen-bond acceptors (Lipinski definition) is 3. The molecule has 9 heavy (non-hydrogen) atoms. The molecule has 0 aliphatic carbocycles. The van der Waals surface area contributed by atoms with Crippen LogP contribution in [-0.4, -0.2) is 14.7 Å². The molecule has 0 amide bonds. The zero-order valence-corrected chi connectivity index (χ0v) is 7.18. The van der Waals surface area contributed by atoms with Gasteiger partial charge in [-0.05, 0) is 5.41 Å². The maximum atomic E-state index is 7.23. The van der Waals surface area contributed by atoms with Gasteiger partial charge in [-0.3, -0.25) is 0 Å². The van der Waals surface area contributed by atoms with Gasteiger partial charge in [0.25, 0.3) is 0 Å². The van der Waals surface area contributed by atoms with Crippen molar-refractivity contribution in [2.24, 2.45) is 5.41 Å². The molecule has 4 heteroatoms. The van der Waals surface area contributed by atoms with Crippen LogP contribution < -0.4 is 0 Å². The SMILES string of the molecule is CC(C)(C)C.OP(O)O. The lowest BCUT2D eigenvalue weighted by Crippen LogP contribution is -1.93. The van der Waals surface area contributed by atoms with Crippen LogP contribution in [0, 0.1) is 5.41 Å². The molecule has 0 aliphatic heterocycles. The molecular formula is C5H15O3P. The molecule has 3 nitrogen and oxygen atoms in total. The minimum absolute atomic E-state index is 0.500. The fraction of sp³-hybridized carbons (Fsp3) is 1.00. The summed E-state index contributed by atoms with van der Waals surface area (Å²) >= 11 is 0. The minimum Gasteiger partial charge on any atom is -0.328 e. The van der Waals surface area contributed by atoms with E-state index in [2.05, 4.69) is 27.7 Å². The molecule has 0 fully saturated rings. The highest BCUT2D eigenvalue weighted by Crippen LogP contribution is 2.11. The Labute approximate surface area is 57.3 Å². The van der Waals surface area contributed by atoms with Crippen LogP contribution in [0.4, 0.5) is 0 Å². The van der Waals surface area contributed by atoms with Crippen molar-refractivity contribution in [2.45, 2.75) is 27.7 Å². The first-order valence-electron chi connectivity index (χ1n) is 2.60. The van der Waals surface area contributed by atoms with Crippen LogP contribution in [-0.2, 0) is 0 Å². The van der Waals surface area contributed by atoms with Crippen molar-refractivity contribution >= 4 is 8.60 Å². The molecule has 0 aromatic rings. The van der Waals surface area contributed by atoms with Crippen LogP contribution in [0.3, 0.4) is 0 Å². The maximum Gasteiger partial charge on any atom is 0.324 e. The average molecular weight is 154 g/mol. The summed E-state index contributed by atoms with van der Waals surface area (Å²) in [6.45, 7) is 8.75. The summed E-state index contributed by atoms with van der Waals surface area (Å²) in [6, 6.07) is 0. The van der Waals surface area contributed by atoms with Crippen molar-refractivity contribution in [1.29, 1.82) is 0 Å². The lowest BCUT2D eigenvalue weighted by molar-refractivity contribution is 0.368. The van der Waals surface area contributed by atoms with Gasteiger partial charge in [0, 0.05) is 0 Å². The summed E-state index contributed by atoms with van der Waals surface area (Å²) < 4.78 is 0. The Bertz CT molecular complexity index is 49.0. The Morgan fingerprint density at radius 1 is 0.889 bits per heavy atom. The smallest absolute Gasteiger partial charge is 0.324 e. The Hall–Kier alpha value is 0.310. The fourth-order valence-electron chi connectivity index (χ4n) is 0. The monoisotopic (exact) mass is 154 g/mol. The predicted octanol–water partition coefficient (Wildman–Crippen LogP) is 1.24. The van der Waals surface area contributed by atoms with E-state index in [0.29, 0.717) is 5.41 Å². The van der Waals surface area contributed by atoms with Crippen molar-refractivity contribution in [1.82, 2.24) is 0 Å². The lowest BCUT2D eigenvalue weighted by atomic mass is 10.0. The van der Waals surface area contributed by atoms with Gasteiger partial charge in [-0.15, -0.1) is 0 Å². The van der Waals surface area contributed by atoms with E-state index < -0.39 is 8.60 Å². The van der Waals surface area contributed by atoms with Crippen molar-refractivity contribution in [3.63, 3.8) is 0 Å². The van der Waals surface area contributed by atoms with Gasteiger partial charge in [-0.1, -0.05) is 27.7 Å². The third-order valence-electron chi connectivity index (χ3n) is 0. The second-order valence-electron chi connectivity index (χ2n) is 3.27. The Kier molecular flexibility index (Phi) is 6.85. The van der Waals surface area contributed by atoms with Gasteiger partial charge < -0.3 is 14.7 Å². The highest BCUT2D eigenvalue weighted by molar-refractivity contribution is 7.38. The predicted molar refractivity (Wildman–Crippen MR) is 38.7 cm³/mol. The van der Waals surface area contributed by atoms with E-state index in [-0.39, 0.29) is 0 Å². The molecule has 0 aliphatic rings. The topological polar surface area (TPSA) is 60.7 Å². The molecule has 0 bridgehead atoms. The molecule has 0 aromatic carbocycles. The molecule has 0 unspecified atom stereocenters. The molecular weight excluding hydrogens is 139 g/mol. The Balaban J connectivity index is 0. The summed E-state index contributed by atoms with van der Waals surface area (Å²) in [5.41, 5.74) is 0.500. The van der Waals surface area contributed by atoms with Crippen LogP contribution in [0.5, 0.6) is 0 Å². The molecule has 3 N–H and O–H groups in total. The van der Waals surface area contributed by atoms with Crippen molar-refractivity contribution in [3.05, 3.63) is 0 Å². The molecule has 0 rings (SSSR count). The molecule has 58 valence electrons. The van der Waals surface area contributed by atoms with E-state index in [9.17, 15) is 0 Å². The summed E-state index contributed by atoms with van der Waals surface area (Å²) in [7, 11) is -2.62. The molecule has 0 aromatic heterocycles. The van der Waals surface area contributed by atoms with Crippen LogP contribution in [0.25, 0.3) is 0 Å². The van der Waals surface area contributed by atoms with E-state index in [1.807, 2.05) is 0 Å². The van der Waals surface area contributed by atoms with Crippen molar-refractivity contribution < 1.29 is 14.7 Å². The fourth-order valence-corrected chi connectivity index (χ4v) is 0. The largest absolute Gasteiger partial charge is 0.328 e. The third-order valence-corrected chi connectivity index (χ3v) is 0. The summed E-state index contributed by atoms with van der Waals surface area (Å²) in [5.74, 6) is 0. The first-order chi connectivity index (χ1) is 3.73. The zero-order chi connectivity index (χ0) is 8.08. The van der Waals surface area contributed by atoms with E-state index in [4.69, 9.17) is 14.7 Å². The Morgan fingerprint density at radius 2 is 0.889 bits per heavy atom. The summed E-state index contributed by atoms with van der Waals surface area (Å²) in [6.07, 6.45) is 0. The van der Waals surface area contributed by atoms with Gasteiger partial charge in [-0.25, -0.2) is 0 Å². The number of hydrogen-bond donors (Lipinski definition) is 3. The van der Waals surface area contributed by atoms with Crippen LogP contribution in [0.2, 0.25) is 0 Å². The van der Waals surface area contributed by atoms with Gasteiger partial charge in [0.15, 0.2) is 0 Å². The average Bonchev–Trinajstić information content (AvgIpc) is 1.19. The minimum atomic E-state index is -2.62. The van der Waals surface area contributed by atoms with Gasteiger partial charge in [0.1, 0.15) is 0 Å². The van der Waals surface area contributed by atoms with Gasteiger partial charge >= 0.3 is 8.60 Å². The standard InChI is InChI=1S/C5H12.H3O3P/c1-5(2,3)4;1-4(2)3/h1-4H3;1-3H. The molecule has 0 saturated heterocycles. The molecule has 0 saturated carbocycles. The summed E-state index contributed by atoms with van der Waals surface area (Å²) in [4.78, 5) is 21.7. The second kappa shape index (κ2) is 5.12. The van der Waals surface area contributed by atoms with Crippen LogP contribution >= 0.6 is 8.60 Å². The van der Waals surface area contributed by atoms with E-state index in [1.165, 1.54) is 0 Å². The molecule has 0 atom stereocenters. The summed E-state index contributed by atoms with van der Waals surface area (Å²) in [5, 5.41) is 0. The highest BCUT2D eigenvalue weighted by Gasteiger charge is 1.95. The Morgan fingerprint density at radius 3 is 0.889 bits per heavy atom. The first-order valence-corrected chi connectivity index (χ1v) is 3.80. The van der Waals surface area contributed by atoms with E-state index >= 15 is 0 Å². The first kappa shape index (κ1) is 12.0. The van der Waals surface area contributed by atoms with Crippen molar-refractivity contribution in [2.75, 3.05) is 0 Å². The number of rotatable bonds is 0. The van der Waals surface area contributed by atoms with Gasteiger partial charge in [0.05, 0.1) is 0 Å². The normalized spacial score (nSPS) is 10.7. The lowest BCUT2D eigenvalue weighted by Gasteiger charge is -2.05. The maximum absolute atomic E-state index is 7.23. The zero-order valence-electron chi connectivity index (χ0n) is 6.29. The third kappa shape index (κ3) is 3440. The second-order valence-corrected chi connectivity index (χ2v) is 3.80. The molecule has 0 heterocycles. The van der Waals surface area contributed by atoms with E-state index in [1.54, 1.807) is 0 Å².